The molecular weight excluding hydrogens is 268 g/mol. The molecule has 19 heavy (non-hydrogen) atoms. The molecule has 0 aliphatic heterocycles. The molecular formula is C12H17ClN4O2. The summed E-state index contributed by atoms with van der Waals surface area (Å²) >= 11 is 5.99. The lowest BCUT2D eigenvalue weighted by Gasteiger charge is -2.08. The zero-order valence-corrected chi connectivity index (χ0v) is 11.7. The number of aromatic nitrogens is 1. The van der Waals surface area contributed by atoms with Crippen molar-refractivity contribution in [2.24, 2.45) is 0 Å². The Morgan fingerprint density at radius 2 is 2.16 bits per heavy atom. The molecule has 0 aromatic carbocycles. The molecule has 0 unspecified atom stereocenters. The monoisotopic (exact) mass is 284 g/mol. The van der Waals surface area contributed by atoms with Crippen LogP contribution in [0.5, 0.6) is 0 Å². The van der Waals surface area contributed by atoms with E-state index in [-0.39, 0.29) is 24.8 Å². The molecule has 6 nitrogen and oxygen atoms in total. The van der Waals surface area contributed by atoms with Gasteiger partial charge in [-0.15, -0.1) is 0 Å². The van der Waals surface area contributed by atoms with Gasteiger partial charge in [0, 0.05) is 32.8 Å². The normalized spacial score (nSPS) is 9.84. The highest BCUT2D eigenvalue weighted by Crippen LogP contribution is 2.19. The fourth-order valence-corrected chi connectivity index (χ4v) is 1.61. The molecule has 1 aromatic rings. The summed E-state index contributed by atoms with van der Waals surface area (Å²) in [6.07, 6.45) is 1.68. The lowest BCUT2D eigenvalue weighted by molar-refractivity contribution is -0.120. The van der Waals surface area contributed by atoms with E-state index in [1.165, 1.54) is 6.20 Å². The van der Waals surface area contributed by atoms with Gasteiger partial charge < -0.3 is 16.0 Å². The molecule has 104 valence electrons. The Morgan fingerprint density at radius 3 is 2.74 bits per heavy atom. The van der Waals surface area contributed by atoms with E-state index in [9.17, 15) is 9.59 Å². The number of hydrogen-bond donors (Lipinski definition) is 3. The molecule has 2 amide bonds. The van der Waals surface area contributed by atoms with E-state index in [1.54, 1.807) is 13.1 Å². The van der Waals surface area contributed by atoms with Crippen molar-refractivity contribution in [3.05, 3.63) is 22.8 Å². The Kier molecular flexibility index (Phi) is 6.08. The second-order valence-corrected chi connectivity index (χ2v) is 4.17. The quantitative estimate of drug-likeness (QED) is 0.729. The molecule has 0 atom stereocenters. The third kappa shape index (κ3) is 4.75. The summed E-state index contributed by atoms with van der Waals surface area (Å²) < 4.78 is 0. The number of halogens is 1. The van der Waals surface area contributed by atoms with Crippen molar-refractivity contribution < 1.29 is 9.59 Å². The van der Waals surface area contributed by atoms with Crippen LogP contribution < -0.4 is 16.0 Å². The van der Waals surface area contributed by atoms with Crippen LogP contribution in [-0.2, 0) is 4.79 Å². The molecule has 7 heteroatoms. The van der Waals surface area contributed by atoms with Gasteiger partial charge in [-0.2, -0.15) is 0 Å². The van der Waals surface area contributed by atoms with Crippen molar-refractivity contribution in [2.75, 3.05) is 25.5 Å². The number of pyridine rings is 1. The van der Waals surface area contributed by atoms with Crippen molar-refractivity contribution in [2.45, 2.75) is 13.3 Å². The molecule has 1 rings (SSSR count). The standard InChI is InChI=1S/C12H17ClN4O2/c1-3-15-11-9(13)6-8(7-17-11)12(19)16-5-4-10(18)14-2/h6-7H,3-5H2,1-2H3,(H,14,18)(H,15,17)(H,16,19). The molecule has 3 N–H and O–H groups in total. The van der Waals surface area contributed by atoms with E-state index < -0.39 is 0 Å². The largest absolute Gasteiger partial charge is 0.369 e. The molecule has 0 aliphatic rings. The van der Waals surface area contributed by atoms with Gasteiger partial charge >= 0.3 is 0 Å². The van der Waals surface area contributed by atoms with Gasteiger partial charge in [-0.25, -0.2) is 4.98 Å². The van der Waals surface area contributed by atoms with Crippen molar-refractivity contribution in [1.29, 1.82) is 0 Å². The van der Waals surface area contributed by atoms with Gasteiger partial charge in [-0.3, -0.25) is 9.59 Å². The molecule has 0 saturated carbocycles. The predicted octanol–water partition coefficient (Wildman–Crippen LogP) is 1.03. The minimum absolute atomic E-state index is 0.126. The summed E-state index contributed by atoms with van der Waals surface area (Å²) in [4.78, 5) is 26.8. The van der Waals surface area contributed by atoms with Crippen molar-refractivity contribution >= 4 is 29.2 Å². The third-order valence-electron chi connectivity index (χ3n) is 2.36. The van der Waals surface area contributed by atoms with Gasteiger partial charge in [0.25, 0.3) is 5.91 Å². The Morgan fingerprint density at radius 1 is 1.42 bits per heavy atom. The van der Waals surface area contributed by atoms with E-state index >= 15 is 0 Å². The first-order valence-corrected chi connectivity index (χ1v) is 6.34. The highest BCUT2D eigenvalue weighted by Gasteiger charge is 2.09. The molecule has 0 fully saturated rings. The second-order valence-electron chi connectivity index (χ2n) is 3.76. The van der Waals surface area contributed by atoms with E-state index in [4.69, 9.17) is 11.6 Å². The Labute approximate surface area is 116 Å². The maximum atomic E-state index is 11.8. The number of hydrogen-bond acceptors (Lipinski definition) is 4. The number of nitrogens with zero attached hydrogens (tertiary/aromatic N) is 1. The maximum absolute atomic E-state index is 11.8. The first kappa shape index (κ1) is 15.2. The smallest absolute Gasteiger partial charge is 0.252 e. The minimum Gasteiger partial charge on any atom is -0.369 e. The summed E-state index contributed by atoms with van der Waals surface area (Å²) in [5.74, 6) is 0.117. The number of rotatable bonds is 6. The molecule has 0 saturated heterocycles. The maximum Gasteiger partial charge on any atom is 0.252 e. The minimum atomic E-state index is -0.304. The highest BCUT2D eigenvalue weighted by molar-refractivity contribution is 6.33. The first-order valence-electron chi connectivity index (χ1n) is 5.96. The van der Waals surface area contributed by atoms with Crippen LogP contribution in [0.25, 0.3) is 0 Å². The summed E-state index contributed by atoms with van der Waals surface area (Å²) in [7, 11) is 1.55. The average Bonchev–Trinajstić information content (AvgIpc) is 2.40. The predicted molar refractivity (Wildman–Crippen MR) is 74.4 cm³/mol. The zero-order valence-electron chi connectivity index (χ0n) is 10.9. The number of nitrogens with one attached hydrogen (secondary N) is 3. The zero-order chi connectivity index (χ0) is 14.3. The molecule has 0 spiro atoms. The second kappa shape index (κ2) is 7.58. The lowest BCUT2D eigenvalue weighted by Crippen LogP contribution is -2.29. The first-order chi connectivity index (χ1) is 9.08. The van der Waals surface area contributed by atoms with E-state index in [1.807, 2.05) is 6.92 Å². The Bertz CT molecular complexity index is 465. The van der Waals surface area contributed by atoms with Crippen LogP contribution in [0.1, 0.15) is 23.7 Å². The Balaban J connectivity index is 2.57. The van der Waals surface area contributed by atoms with Crippen molar-refractivity contribution in [1.82, 2.24) is 15.6 Å². The molecule has 0 bridgehead atoms. The fourth-order valence-electron chi connectivity index (χ4n) is 1.38. The number of carbonyl (C=O) groups excluding carboxylic acids is 2. The SMILES string of the molecule is CCNc1ncc(C(=O)NCCC(=O)NC)cc1Cl. The lowest BCUT2D eigenvalue weighted by atomic mass is 10.2. The van der Waals surface area contributed by atoms with Crippen molar-refractivity contribution in [3.8, 4) is 0 Å². The van der Waals surface area contributed by atoms with Gasteiger partial charge in [0.05, 0.1) is 10.6 Å². The highest BCUT2D eigenvalue weighted by atomic mass is 35.5. The van der Waals surface area contributed by atoms with E-state index in [0.717, 1.165) is 0 Å². The third-order valence-corrected chi connectivity index (χ3v) is 2.65. The Hall–Kier alpha value is -1.82. The summed E-state index contributed by atoms with van der Waals surface area (Å²) in [5, 5.41) is 8.47. The number of amides is 2. The van der Waals surface area contributed by atoms with Gasteiger partial charge in [0.1, 0.15) is 5.82 Å². The van der Waals surface area contributed by atoms with Gasteiger partial charge in [0.15, 0.2) is 0 Å². The molecule has 1 heterocycles. The van der Waals surface area contributed by atoms with E-state index in [0.29, 0.717) is 22.9 Å². The molecule has 1 aromatic heterocycles. The topological polar surface area (TPSA) is 83.1 Å². The van der Waals surface area contributed by atoms with Gasteiger partial charge in [0.2, 0.25) is 5.91 Å². The summed E-state index contributed by atoms with van der Waals surface area (Å²) in [5.41, 5.74) is 0.364. The van der Waals surface area contributed by atoms with Crippen LogP contribution in [-0.4, -0.2) is 36.9 Å². The van der Waals surface area contributed by atoms with Crippen molar-refractivity contribution in [3.63, 3.8) is 0 Å². The fraction of sp³-hybridized carbons (Fsp3) is 0.417. The van der Waals surface area contributed by atoms with Crippen LogP contribution in [0.3, 0.4) is 0 Å². The molecule has 0 radical (unpaired) electrons. The summed E-state index contributed by atoms with van der Waals surface area (Å²) in [6.45, 7) is 2.90. The van der Waals surface area contributed by atoms with E-state index in [2.05, 4.69) is 20.9 Å². The van der Waals surface area contributed by atoms with Gasteiger partial charge in [-0.1, -0.05) is 11.6 Å². The molecule has 0 aliphatic carbocycles. The number of anilines is 1. The van der Waals surface area contributed by atoms with Crippen LogP contribution in [0.15, 0.2) is 12.3 Å². The van der Waals surface area contributed by atoms with Gasteiger partial charge in [-0.05, 0) is 13.0 Å². The average molecular weight is 285 g/mol. The van der Waals surface area contributed by atoms with Crippen LogP contribution in [0.4, 0.5) is 5.82 Å². The number of carbonyl (C=O) groups is 2. The summed E-state index contributed by atoms with van der Waals surface area (Å²) in [6, 6.07) is 1.54. The van der Waals surface area contributed by atoms with Crippen LogP contribution in [0.2, 0.25) is 5.02 Å². The van der Waals surface area contributed by atoms with Crippen LogP contribution in [0, 0.1) is 0 Å². The van der Waals surface area contributed by atoms with Crippen LogP contribution >= 0.6 is 11.6 Å².